The second-order valence-corrected chi connectivity index (χ2v) is 9.94. The molecule has 1 aromatic rings. The summed E-state index contributed by atoms with van der Waals surface area (Å²) in [5, 5.41) is 11.4. The quantitative estimate of drug-likeness (QED) is 0.644. The first-order valence-electron chi connectivity index (χ1n) is 5.91. The Morgan fingerprint density at radius 1 is 1.28 bits per heavy atom. The molecule has 0 amide bonds. The summed E-state index contributed by atoms with van der Waals surface area (Å²) in [6.45, 7) is 7.18. The van der Waals surface area contributed by atoms with E-state index in [1.54, 1.807) is 0 Å². The second kappa shape index (κ2) is 6.38. The number of benzene rings is 1. The van der Waals surface area contributed by atoms with E-state index < -0.39 is 14.0 Å². The standard InChI is InChI=1S/C14H19NO2Si/c1-18(2,3)9-8-12-4-6-13(7-5-12)10-15-11-14(16)17/h4-7,15H,10-11H2,1-3H3,(H,16,17). The molecule has 4 heteroatoms. The molecule has 0 spiro atoms. The van der Waals surface area contributed by atoms with Gasteiger partial charge in [-0.15, -0.1) is 5.54 Å². The average Bonchev–Trinajstić information content (AvgIpc) is 2.26. The molecule has 0 bridgehead atoms. The van der Waals surface area contributed by atoms with Gasteiger partial charge in [-0.05, 0) is 17.7 Å². The molecule has 18 heavy (non-hydrogen) atoms. The van der Waals surface area contributed by atoms with Crippen LogP contribution in [0.4, 0.5) is 0 Å². The Morgan fingerprint density at radius 3 is 2.39 bits per heavy atom. The summed E-state index contributed by atoms with van der Waals surface area (Å²) in [6.07, 6.45) is 0. The third-order valence-electron chi connectivity index (χ3n) is 2.14. The van der Waals surface area contributed by atoms with Gasteiger partial charge in [0.2, 0.25) is 0 Å². The minimum atomic E-state index is -1.33. The van der Waals surface area contributed by atoms with Gasteiger partial charge in [0.1, 0.15) is 8.07 Å². The average molecular weight is 261 g/mol. The van der Waals surface area contributed by atoms with Crippen LogP contribution in [0.2, 0.25) is 19.6 Å². The van der Waals surface area contributed by atoms with Gasteiger partial charge in [-0.1, -0.05) is 37.7 Å². The van der Waals surface area contributed by atoms with E-state index in [2.05, 4.69) is 36.4 Å². The molecule has 2 N–H and O–H groups in total. The Labute approximate surface area is 109 Å². The number of rotatable bonds is 4. The van der Waals surface area contributed by atoms with Crippen molar-refractivity contribution in [2.75, 3.05) is 6.54 Å². The van der Waals surface area contributed by atoms with E-state index in [1.807, 2.05) is 24.3 Å². The summed E-state index contributed by atoms with van der Waals surface area (Å²) < 4.78 is 0. The number of aliphatic carboxylic acids is 1. The smallest absolute Gasteiger partial charge is 0.317 e. The van der Waals surface area contributed by atoms with Gasteiger partial charge < -0.3 is 10.4 Å². The Hall–Kier alpha value is -1.57. The van der Waals surface area contributed by atoms with E-state index in [9.17, 15) is 4.79 Å². The lowest BCUT2D eigenvalue weighted by molar-refractivity contribution is -0.135. The molecule has 0 aliphatic carbocycles. The molecule has 0 aromatic heterocycles. The Morgan fingerprint density at radius 2 is 1.89 bits per heavy atom. The van der Waals surface area contributed by atoms with Crippen molar-refractivity contribution in [3.8, 4) is 11.5 Å². The fourth-order valence-electron chi connectivity index (χ4n) is 1.28. The highest BCUT2D eigenvalue weighted by atomic mass is 28.3. The Bertz CT molecular complexity index is 463. The van der Waals surface area contributed by atoms with Crippen LogP contribution >= 0.6 is 0 Å². The van der Waals surface area contributed by atoms with Crippen LogP contribution in [0.15, 0.2) is 24.3 Å². The van der Waals surface area contributed by atoms with Crippen molar-refractivity contribution < 1.29 is 9.90 Å². The van der Waals surface area contributed by atoms with Gasteiger partial charge >= 0.3 is 5.97 Å². The predicted octanol–water partition coefficient (Wildman–Crippen LogP) is 2.09. The fraction of sp³-hybridized carbons (Fsp3) is 0.357. The summed E-state index contributed by atoms with van der Waals surface area (Å²) in [5.74, 6) is 2.34. The molecule has 0 aliphatic heterocycles. The van der Waals surface area contributed by atoms with Gasteiger partial charge in [-0.2, -0.15) is 0 Å². The van der Waals surface area contributed by atoms with Crippen LogP contribution in [-0.2, 0) is 11.3 Å². The van der Waals surface area contributed by atoms with Crippen molar-refractivity contribution in [2.24, 2.45) is 0 Å². The van der Waals surface area contributed by atoms with E-state index in [0.717, 1.165) is 11.1 Å². The molecule has 0 atom stereocenters. The number of carboxylic acid groups (broad SMARTS) is 1. The molecule has 96 valence electrons. The zero-order chi connectivity index (χ0) is 13.6. The first kappa shape index (κ1) is 14.5. The maximum absolute atomic E-state index is 10.3. The lowest BCUT2D eigenvalue weighted by Crippen LogP contribution is -2.21. The first-order chi connectivity index (χ1) is 8.37. The summed E-state index contributed by atoms with van der Waals surface area (Å²) in [7, 11) is -1.33. The second-order valence-electron chi connectivity index (χ2n) is 5.19. The molecule has 1 aromatic carbocycles. The summed E-state index contributed by atoms with van der Waals surface area (Å²) in [6, 6.07) is 7.90. The predicted molar refractivity (Wildman–Crippen MR) is 76.0 cm³/mol. The third kappa shape index (κ3) is 6.23. The molecule has 0 heterocycles. The summed E-state index contributed by atoms with van der Waals surface area (Å²) in [5.41, 5.74) is 5.39. The van der Waals surface area contributed by atoms with Crippen LogP contribution < -0.4 is 5.32 Å². The molecule has 0 saturated carbocycles. The molecule has 3 nitrogen and oxygen atoms in total. The van der Waals surface area contributed by atoms with Crippen molar-refractivity contribution in [3.63, 3.8) is 0 Å². The largest absolute Gasteiger partial charge is 0.480 e. The highest BCUT2D eigenvalue weighted by Crippen LogP contribution is 2.04. The molecular weight excluding hydrogens is 242 g/mol. The number of hydrogen-bond donors (Lipinski definition) is 2. The van der Waals surface area contributed by atoms with Crippen LogP contribution in [0.3, 0.4) is 0 Å². The Balaban J connectivity index is 2.57. The van der Waals surface area contributed by atoms with Crippen LogP contribution in [0, 0.1) is 11.5 Å². The minimum Gasteiger partial charge on any atom is -0.480 e. The normalized spacial score (nSPS) is 10.6. The number of nitrogens with one attached hydrogen (secondary N) is 1. The number of hydrogen-bond acceptors (Lipinski definition) is 2. The molecular formula is C14H19NO2Si. The highest BCUT2D eigenvalue weighted by Gasteiger charge is 2.07. The van der Waals surface area contributed by atoms with Crippen LogP contribution in [0.25, 0.3) is 0 Å². The first-order valence-corrected chi connectivity index (χ1v) is 9.41. The monoisotopic (exact) mass is 261 g/mol. The maximum Gasteiger partial charge on any atom is 0.317 e. The van der Waals surface area contributed by atoms with Gasteiger partial charge in [0.15, 0.2) is 0 Å². The zero-order valence-corrected chi connectivity index (χ0v) is 12.1. The lowest BCUT2D eigenvalue weighted by atomic mass is 10.1. The Kier molecular flexibility index (Phi) is 5.14. The third-order valence-corrected chi connectivity index (χ3v) is 3.02. The van der Waals surface area contributed by atoms with Crippen molar-refractivity contribution in [3.05, 3.63) is 35.4 Å². The molecule has 0 saturated heterocycles. The van der Waals surface area contributed by atoms with E-state index in [-0.39, 0.29) is 6.54 Å². The van der Waals surface area contributed by atoms with E-state index in [4.69, 9.17) is 5.11 Å². The summed E-state index contributed by atoms with van der Waals surface area (Å²) in [4.78, 5) is 10.3. The fourth-order valence-corrected chi connectivity index (χ4v) is 1.80. The van der Waals surface area contributed by atoms with Gasteiger partial charge in [0.05, 0.1) is 6.54 Å². The van der Waals surface area contributed by atoms with E-state index in [1.165, 1.54) is 0 Å². The van der Waals surface area contributed by atoms with Crippen molar-refractivity contribution in [1.82, 2.24) is 5.32 Å². The van der Waals surface area contributed by atoms with Gasteiger partial charge in [0, 0.05) is 12.1 Å². The molecule has 0 fully saturated rings. The lowest BCUT2D eigenvalue weighted by Gasteiger charge is -2.04. The molecule has 0 radical (unpaired) electrons. The van der Waals surface area contributed by atoms with E-state index >= 15 is 0 Å². The maximum atomic E-state index is 10.3. The van der Waals surface area contributed by atoms with Crippen molar-refractivity contribution in [1.29, 1.82) is 0 Å². The van der Waals surface area contributed by atoms with Crippen molar-refractivity contribution in [2.45, 2.75) is 26.2 Å². The SMILES string of the molecule is C[Si](C)(C)C#Cc1ccc(CNCC(=O)O)cc1. The topological polar surface area (TPSA) is 49.3 Å². The number of carboxylic acids is 1. The minimum absolute atomic E-state index is 0.0167. The van der Waals surface area contributed by atoms with E-state index in [0.29, 0.717) is 6.54 Å². The summed E-state index contributed by atoms with van der Waals surface area (Å²) >= 11 is 0. The zero-order valence-electron chi connectivity index (χ0n) is 11.1. The highest BCUT2D eigenvalue weighted by molar-refractivity contribution is 6.83. The van der Waals surface area contributed by atoms with Gasteiger partial charge in [-0.25, -0.2) is 0 Å². The van der Waals surface area contributed by atoms with Gasteiger partial charge in [-0.3, -0.25) is 4.79 Å². The van der Waals surface area contributed by atoms with Gasteiger partial charge in [0.25, 0.3) is 0 Å². The van der Waals surface area contributed by atoms with Crippen LogP contribution in [0.5, 0.6) is 0 Å². The molecule has 0 unspecified atom stereocenters. The van der Waals surface area contributed by atoms with Crippen molar-refractivity contribution >= 4 is 14.0 Å². The van der Waals surface area contributed by atoms with Crippen LogP contribution in [-0.4, -0.2) is 25.7 Å². The number of carbonyl (C=O) groups is 1. The molecule has 1 rings (SSSR count). The van der Waals surface area contributed by atoms with Crippen LogP contribution in [0.1, 0.15) is 11.1 Å². The molecule has 0 aliphatic rings.